The summed E-state index contributed by atoms with van der Waals surface area (Å²) in [6, 6.07) is 0.145. The molecule has 0 spiro atoms. The van der Waals surface area contributed by atoms with Crippen molar-refractivity contribution < 1.29 is 5.11 Å². The Bertz CT molecular complexity index is 88.1. The Balaban J connectivity index is 3.36. The van der Waals surface area contributed by atoms with E-state index in [0.717, 1.165) is 6.42 Å². The van der Waals surface area contributed by atoms with E-state index in [1.54, 1.807) is 13.8 Å². The zero-order chi connectivity index (χ0) is 8.20. The topological polar surface area (TPSA) is 58.3 Å². The average molecular weight is 146 g/mol. The molecule has 1 atom stereocenters. The number of hydrogen-bond donors (Lipinski definition) is 3. The molecule has 0 heterocycles. The highest BCUT2D eigenvalue weighted by Gasteiger charge is 2.11. The van der Waals surface area contributed by atoms with Crippen molar-refractivity contribution in [3.05, 3.63) is 0 Å². The monoisotopic (exact) mass is 146 g/mol. The second kappa shape index (κ2) is 3.91. The first-order valence-electron chi connectivity index (χ1n) is 3.68. The fraction of sp³-hybridized carbons (Fsp3) is 1.00. The second-order valence-electron chi connectivity index (χ2n) is 3.11. The predicted molar refractivity (Wildman–Crippen MR) is 42.6 cm³/mol. The highest BCUT2D eigenvalue weighted by molar-refractivity contribution is 4.68. The molecule has 0 rings (SSSR count). The van der Waals surface area contributed by atoms with Crippen molar-refractivity contribution in [2.45, 2.75) is 39.0 Å². The molecule has 0 saturated heterocycles. The Labute approximate surface area is 62.6 Å². The summed E-state index contributed by atoms with van der Waals surface area (Å²) in [5.74, 6) is 0. The van der Waals surface area contributed by atoms with Crippen LogP contribution in [0.1, 0.15) is 27.2 Å². The quantitative estimate of drug-likeness (QED) is 0.491. The molecule has 0 aromatic carbocycles. The third-order valence-electron chi connectivity index (χ3n) is 1.32. The minimum Gasteiger partial charge on any atom is -0.376 e. The molecule has 0 aliphatic carbocycles. The summed E-state index contributed by atoms with van der Waals surface area (Å²) >= 11 is 0. The van der Waals surface area contributed by atoms with Crippen LogP contribution in [0, 0.1) is 0 Å². The molecule has 0 aromatic rings. The van der Waals surface area contributed by atoms with Gasteiger partial charge in [-0.25, -0.2) is 0 Å². The van der Waals surface area contributed by atoms with E-state index in [4.69, 9.17) is 5.73 Å². The van der Waals surface area contributed by atoms with Gasteiger partial charge in [-0.05, 0) is 20.3 Å². The Morgan fingerprint density at radius 1 is 1.60 bits per heavy atom. The Morgan fingerprint density at radius 2 is 2.10 bits per heavy atom. The summed E-state index contributed by atoms with van der Waals surface area (Å²) in [4.78, 5) is 0. The van der Waals surface area contributed by atoms with Crippen LogP contribution < -0.4 is 11.1 Å². The van der Waals surface area contributed by atoms with Crippen LogP contribution in [-0.4, -0.2) is 23.4 Å². The number of nitrogens with two attached hydrogens (primary N) is 1. The molecule has 0 saturated carbocycles. The van der Waals surface area contributed by atoms with Gasteiger partial charge in [0.1, 0.15) is 5.72 Å². The normalized spacial score (nSPS) is 15.3. The predicted octanol–water partition coefficient (Wildman–Crippen LogP) is 0.0417. The van der Waals surface area contributed by atoms with Crippen LogP contribution in [0.5, 0.6) is 0 Å². The summed E-state index contributed by atoms with van der Waals surface area (Å²) in [5.41, 5.74) is 4.81. The van der Waals surface area contributed by atoms with Gasteiger partial charge in [0.25, 0.3) is 0 Å². The molecule has 0 aliphatic rings. The van der Waals surface area contributed by atoms with E-state index in [9.17, 15) is 5.11 Å². The van der Waals surface area contributed by atoms with Crippen molar-refractivity contribution in [1.29, 1.82) is 0 Å². The van der Waals surface area contributed by atoms with Crippen LogP contribution in [0.2, 0.25) is 0 Å². The van der Waals surface area contributed by atoms with E-state index < -0.39 is 5.72 Å². The molecule has 0 bridgehead atoms. The lowest BCUT2D eigenvalue weighted by atomic mass is 10.2. The molecular formula is C7H18N2O. The fourth-order valence-corrected chi connectivity index (χ4v) is 0.525. The van der Waals surface area contributed by atoms with Crippen molar-refractivity contribution in [2.75, 3.05) is 6.54 Å². The van der Waals surface area contributed by atoms with Gasteiger partial charge >= 0.3 is 0 Å². The van der Waals surface area contributed by atoms with Gasteiger partial charge in [0.05, 0.1) is 0 Å². The van der Waals surface area contributed by atoms with Gasteiger partial charge in [-0.15, -0.1) is 0 Å². The van der Waals surface area contributed by atoms with Crippen LogP contribution in [-0.2, 0) is 0 Å². The first-order chi connectivity index (χ1) is 4.45. The molecule has 10 heavy (non-hydrogen) atoms. The molecule has 3 heteroatoms. The van der Waals surface area contributed by atoms with Crippen LogP contribution in [0.3, 0.4) is 0 Å². The standard InChI is InChI=1S/C7H18N2O/c1-4-6(8)5-9-7(2,3)10/h6,9-10H,4-5,8H2,1-3H3. The van der Waals surface area contributed by atoms with E-state index in [1.807, 2.05) is 6.92 Å². The molecular weight excluding hydrogens is 128 g/mol. The minimum absolute atomic E-state index is 0.145. The van der Waals surface area contributed by atoms with Crippen LogP contribution in [0.25, 0.3) is 0 Å². The summed E-state index contributed by atoms with van der Waals surface area (Å²) in [6.45, 7) is 6.10. The number of aliphatic hydroxyl groups is 1. The molecule has 3 nitrogen and oxygen atoms in total. The number of rotatable bonds is 4. The molecule has 0 fully saturated rings. The van der Waals surface area contributed by atoms with Gasteiger partial charge in [-0.1, -0.05) is 6.92 Å². The van der Waals surface area contributed by atoms with Gasteiger partial charge in [0, 0.05) is 12.6 Å². The van der Waals surface area contributed by atoms with E-state index in [0.29, 0.717) is 6.54 Å². The highest BCUT2D eigenvalue weighted by Crippen LogP contribution is 1.94. The molecule has 0 aromatic heterocycles. The molecule has 0 aliphatic heterocycles. The largest absolute Gasteiger partial charge is 0.376 e. The van der Waals surface area contributed by atoms with Crippen molar-refractivity contribution in [3.63, 3.8) is 0 Å². The van der Waals surface area contributed by atoms with E-state index in [1.165, 1.54) is 0 Å². The van der Waals surface area contributed by atoms with Crippen LogP contribution in [0.4, 0.5) is 0 Å². The SMILES string of the molecule is CCC(N)CNC(C)(C)O. The number of hydrogen-bond acceptors (Lipinski definition) is 3. The first-order valence-corrected chi connectivity index (χ1v) is 3.68. The molecule has 0 radical (unpaired) electrons. The average Bonchev–Trinajstić information content (AvgIpc) is 1.81. The zero-order valence-corrected chi connectivity index (χ0v) is 7.02. The maximum Gasteiger partial charge on any atom is 0.110 e. The smallest absolute Gasteiger partial charge is 0.110 e. The van der Waals surface area contributed by atoms with E-state index in [-0.39, 0.29) is 6.04 Å². The summed E-state index contributed by atoms with van der Waals surface area (Å²) in [6.07, 6.45) is 0.934. The fourth-order valence-electron chi connectivity index (χ4n) is 0.525. The van der Waals surface area contributed by atoms with Crippen LogP contribution >= 0.6 is 0 Å². The highest BCUT2D eigenvalue weighted by atomic mass is 16.3. The first kappa shape index (κ1) is 9.88. The van der Waals surface area contributed by atoms with Gasteiger partial charge in [-0.3, -0.25) is 5.32 Å². The zero-order valence-electron chi connectivity index (χ0n) is 7.02. The van der Waals surface area contributed by atoms with Crippen molar-refractivity contribution in [3.8, 4) is 0 Å². The Kier molecular flexibility index (Phi) is 3.86. The summed E-state index contributed by atoms with van der Waals surface area (Å²) in [5, 5.41) is 12.1. The van der Waals surface area contributed by atoms with Gasteiger partial charge in [0.2, 0.25) is 0 Å². The maximum atomic E-state index is 9.20. The van der Waals surface area contributed by atoms with Crippen molar-refractivity contribution in [1.82, 2.24) is 5.32 Å². The minimum atomic E-state index is -0.799. The molecule has 0 amide bonds. The third-order valence-corrected chi connectivity index (χ3v) is 1.32. The van der Waals surface area contributed by atoms with Crippen molar-refractivity contribution in [2.24, 2.45) is 5.73 Å². The van der Waals surface area contributed by atoms with Gasteiger partial charge in [-0.2, -0.15) is 0 Å². The number of nitrogens with one attached hydrogen (secondary N) is 1. The van der Waals surface area contributed by atoms with E-state index >= 15 is 0 Å². The molecule has 1 unspecified atom stereocenters. The lowest BCUT2D eigenvalue weighted by molar-refractivity contribution is 0.0422. The lowest BCUT2D eigenvalue weighted by Crippen LogP contribution is -2.45. The molecule has 62 valence electrons. The van der Waals surface area contributed by atoms with Crippen LogP contribution in [0.15, 0.2) is 0 Å². The third kappa shape index (κ3) is 6.01. The Morgan fingerprint density at radius 3 is 2.40 bits per heavy atom. The second-order valence-corrected chi connectivity index (χ2v) is 3.11. The van der Waals surface area contributed by atoms with Crippen molar-refractivity contribution >= 4 is 0 Å². The van der Waals surface area contributed by atoms with E-state index in [2.05, 4.69) is 5.32 Å². The summed E-state index contributed by atoms with van der Waals surface area (Å²) in [7, 11) is 0. The van der Waals surface area contributed by atoms with Gasteiger partial charge in [0.15, 0.2) is 0 Å². The van der Waals surface area contributed by atoms with Gasteiger partial charge < -0.3 is 10.8 Å². The molecule has 4 N–H and O–H groups in total. The summed E-state index contributed by atoms with van der Waals surface area (Å²) < 4.78 is 0. The maximum absolute atomic E-state index is 9.20. The lowest BCUT2D eigenvalue weighted by Gasteiger charge is -2.21. The Hall–Kier alpha value is -0.120.